The number of hydrogen-bond acceptors (Lipinski definition) is 2. The van der Waals surface area contributed by atoms with Gasteiger partial charge in [0.25, 0.3) is 5.91 Å². The predicted octanol–water partition coefficient (Wildman–Crippen LogP) is 2.75. The van der Waals surface area contributed by atoms with Crippen LogP contribution in [0.5, 0.6) is 0 Å². The molecule has 1 aromatic rings. The first-order chi connectivity index (χ1) is 8.14. The van der Waals surface area contributed by atoms with E-state index in [2.05, 4.69) is 25.1 Å². The lowest BCUT2D eigenvalue weighted by Gasteiger charge is -2.23. The van der Waals surface area contributed by atoms with Gasteiger partial charge in [-0.3, -0.25) is 10.2 Å². The van der Waals surface area contributed by atoms with Crippen molar-refractivity contribution >= 4 is 42.4 Å². The van der Waals surface area contributed by atoms with E-state index in [0.717, 1.165) is 5.19 Å². The van der Waals surface area contributed by atoms with E-state index in [0.29, 0.717) is 15.6 Å². The lowest BCUT2D eigenvalue weighted by atomic mass is 10.2. The van der Waals surface area contributed by atoms with Crippen molar-refractivity contribution in [3.63, 3.8) is 0 Å². The van der Waals surface area contributed by atoms with Gasteiger partial charge >= 0.3 is 0 Å². The molecule has 1 N–H and O–H groups in total. The molecule has 0 aliphatic rings. The van der Waals surface area contributed by atoms with E-state index >= 15 is 0 Å². The molecule has 0 aliphatic heterocycles. The minimum absolute atomic E-state index is 0.218. The summed E-state index contributed by atoms with van der Waals surface area (Å²) >= 11 is 12.2. The number of hydrogen-bond donors (Lipinski definition) is 1. The molecule has 0 spiro atoms. The van der Waals surface area contributed by atoms with Crippen molar-refractivity contribution in [2.24, 2.45) is 0 Å². The zero-order valence-corrected chi connectivity index (χ0v) is 13.8. The third kappa shape index (κ3) is 3.48. The van der Waals surface area contributed by atoms with Crippen LogP contribution in [0.4, 0.5) is 0 Å². The molecule has 0 unspecified atom stereocenters. The maximum atomic E-state index is 12.2. The summed E-state index contributed by atoms with van der Waals surface area (Å²) in [5, 5.41) is 3.34. The highest BCUT2D eigenvalue weighted by Crippen LogP contribution is 2.26. The van der Waals surface area contributed by atoms with Crippen molar-refractivity contribution in [2.45, 2.75) is 19.6 Å². The van der Waals surface area contributed by atoms with Crippen LogP contribution in [0.3, 0.4) is 0 Å². The Morgan fingerprint density at radius 3 is 2.22 bits per heavy atom. The van der Waals surface area contributed by atoms with E-state index in [4.69, 9.17) is 23.2 Å². The van der Waals surface area contributed by atoms with Crippen LogP contribution in [-0.2, 0) is 0 Å². The monoisotopic (exact) mass is 304 g/mol. The molecule has 0 saturated carbocycles. The van der Waals surface area contributed by atoms with Gasteiger partial charge in [-0.25, -0.2) is 5.01 Å². The van der Waals surface area contributed by atoms with Crippen LogP contribution < -0.4 is 10.6 Å². The van der Waals surface area contributed by atoms with Crippen LogP contribution in [0, 0.1) is 0 Å². The number of carbonyl (C=O) groups excluding carboxylic acids is 1. The molecule has 0 radical (unpaired) electrons. The second-order valence-electron chi connectivity index (χ2n) is 5.37. The molecule has 0 aliphatic carbocycles. The van der Waals surface area contributed by atoms with Crippen molar-refractivity contribution in [1.29, 1.82) is 0 Å². The van der Waals surface area contributed by atoms with Gasteiger partial charge in [-0.15, -0.1) is 0 Å². The number of amides is 1. The predicted molar refractivity (Wildman–Crippen MR) is 80.6 cm³/mol. The zero-order chi connectivity index (χ0) is 14.1. The Balaban J connectivity index is 3.39. The van der Waals surface area contributed by atoms with Gasteiger partial charge in [0.05, 0.1) is 23.7 Å². The summed E-state index contributed by atoms with van der Waals surface area (Å²) in [5.74, 6) is -0.218. The third-order valence-corrected chi connectivity index (χ3v) is 5.29. The van der Waals surface area contributed by atoms with Crippen LogP contribution >= 0.6 is 23.2 Å². The summed E-state index contributed by atoms with van der Waals surface area (Å²) in [4.78, 5) is 12.2. The van der Waals surface area contributed by atoms with Gasteiger partial charge < -0.3 is 0 Å². The van der Waals surface area contributed by atoms with Gasteiger partial charge in [-0.2, -0.15) is 0 Å². The van der Waals surface area contributed by atoms with E-state index < -0.39 is 8.07 Å². The first kappa shape index (κ1) is 15.5. The molecule has 0 aromatic heterocycles. The fourth-order valence-corrected chi connectivity index (χ4v) is 3.72. The molecule has 0 bridgehead atoms. The van der Waals surface area contributed by atoms with E-state index in [1.54, 1.807) is 25.2 Å². The van der Waals surface area contributed by atoms with Gasteiger partial charge in [-0.1, -0.05) is 48.9 Å². The summed E-state index contributed by atoms with van der Waals surface area (Å²) in [5.41, 5.74) is 3.21. The summed E-state index contributed by atoms with van der Waals surface area (Å²) in [6.07, 6.45) is 0. The van der Waals surface area contributed by atoms with Crippen LogP contribution in [0.2, 0.25) is 29.7 Å². The number of benzene rings is 1. The van der Waals surface area contributed by atoms with E-state index in [1.807, 2.05) is 6.07 Å². The fourth-order valence-electron chi connectivity index (χ4n) is 1.66. The number of rotatable bonds is 3. The third-order valence-electron chi connectivity index (χ3n) is 2.46. The van der Waals surface area contributed by atoms with Crippen LogP contribution in [0.15, 0.2) is 12.1 Å². The molecular weight excluding hydrogens is 287 g/mol. The summed E-state index contributed by atoms with van der Waals surface area (Å²) in [7, 11) is 1.84. The Morgan fingerprint density at radius 2 is 1.78 bits per heavy atom. The highest BCUT2D eigenvalue weighted by atomic mass is 35.5. The molecule has 3 nitrogen and oxygen atoms in total. The van der Waals surface area contributed by atoms with Gasteiger partial charge in [0.1, 0.15) is 0 Å². The molecule has 100 valence electrons. The van der Waals surface area contributed by atoms with E-state index in [1.165, 1.54) is 0 Å². The average molecular weight is 305 g/mol. The maximum absolute atomic E-state index is 12.2. The number of nitrogens with one attached hydrogen (secondary N) is 1. The number of hydrazine groups is 1. The summed E-state index contributed by atoms with van der Waals surface area (Å²) in [6.45, 7) is 6.50. The molecule has 0 heterocycles. The minimum atomic E-state index is -1.67. The van der Waals surface area contributed by atoms with Crippen LogP contribution in [0.1, 0.15) is 10.4 Å². The Hall–Kier alpha value is -0.553. The maximum Gasteiger partial charge on any atom is 0.267 e. The first-order valence-corrected chi connectivity index (χ1v) is 9.87. The summed E-state index contributed by atoms with van der Waals surface area (Å²) < 4.78 is 0. The number of halogens is 2. The van der Waals surface area contributed by atoms with Crippen molar-refractivity contribution in [3.8, 4) is 0 Å². The Bertz CT molecular complexity index is 470. The topological polar surface area (TPSA) is 32.3 Å². The van der Waals surface area contributed by atoms with Gasteiger partial charge in [0.15, 0.2) is 0 Å². The lowest BCUT2D eigenvalue weighted by Crippen LogP contribution is -2.46. The molecular formula is C12H18Cl2N2OSi. The molecule has 1 rings (SSSR count). The number of nitrogens with zero attached hydrogens (tertiary/aromatic N) is 1. The average Bonchev–Trinajstić information content (AvgIpc) is 2.18. The molecule has 6 heteroatoms. The van der Waals surface area contributed by atoms with Crippen LogP contribution in [0.25, 0.3) is 0 Å². The number of carbonyl (C=O) groups is 1. The first-order valence-electron chi connectivity index (χ1n) is 5.61. The second kappa shape index (κ2) is 5.61. The van der Waals surface area contributed by atoms with Gasteiger partial charge in [0.2, 0.25) is 0 Å². The van der Waals surface area contributed by atoms with E-state index in [-0.39, 0.29) is 5.91 Å². The van der Waals surface area contributed by atoms with Gasteiger partial charge in [-0.05, 0) is 11.3 Å². The highest BCUT2D eigenvalue weighted by molar-refractivity contribution is 6.89. The molecule has 18 heavy (non-hydrogen) atoms. The molecule has 1 amide bonds. The zero-order valence-electron chi connectivity index (χ0n) is 11.3. The summed E-state index contributed by atoms with van der Waals surface area (Å²) in [6, 6.07) is 3.66. The molecule has 1 aromatic carbocycles. The van der Waals surface area contributed by atoms with Gasteiger partial charge in [0, 0.05) is 14.1 Å². The smallest absolute Gasteiger partial charge is 0.267 e. The molecule has 0 atom stereocenters. The SMILES string of the molecule is CN(C)NC(=O)c1c([Si](C)(C)C)ccc(Cl)c1Cl. The second-order valence-corrected chi connectivity index (χ2v) is 11.2. The quantitative estimate of drug-likeness (QED) is 0.688. The van der Waals surface area contributed by atoms with Crippen LogP contribution in [-0.4, -0.2) is 33.1 Å². The lowest BCUT2D eigenvalue weighted by molar-refractivity contribution is 0.0858. The van der Waals surface area contributed by atoms with Crippen molar-refractivity contribution < 1.29 is 4.79 Å². The van der Waals surface area contributed by atoms with Crippen molar-refractivity contribution in [3.05, 3.63) is 27.7 Å². The Morgan fingerprint density at radius 1 is 1.22 bits per heavy atom. The molecule has 0 fully saturated rings. The Labute approximate surface area is 119 Å². The fraction of sp³-hybridized carbons (Fsp3) is 0.417. The highest BCUT2D eigenvalue weighted by Gasteiger charge is 2.27. The standard InChI is InChI=1S/C12H18Cl2N2OSi/c1-16(2)15-12(17)10-9(18(3,4)5)7-6-8(13)11(10)14/h6-7H,1-5H3,(H,15,17). The van der Waals surface area contributed by atoms with E-state index in [9.17, 15) is 4.79 Å². The minimum Gasteiger partial charge on any atom is -0.285 e. The normalized spacial score (nSPS) is 11.8. The Kier molecular flexibility index (Phi) is 4.83. The van der Waals surface area contributed by atoms with Crippen molar-refractivity contribution in [1.82, 2.24) is 10.4 Å². The largest absolute Gasteiger partial charge is 0.285 e. The molecule has 0 saturated heterocycles. The van der Waals surface area contributed by atoms with Crippen molar-refractivity contribution in [2.75, 3.05) is 14.1 Å².